The minimum absolute atomic E-state index is 0.0521. The molecule has 1 aromatic rings. The third-order valence-corrected chi connectivity index (χ3v) is 1.99. The van der Waals surface area contributed by atoms with Crippen LogP contribution in [0.25, 0.3) is 0 Å². The van der Waals surface area contributed by atoms with E-state index in [-0.39, 0.29) is 11.5 Å². The first-order chi connectivity index (χ1) is 7.41. The highest BCUT2D eigenvalue weighted by Crippen LogP contribution is 2.22. The van der Waals surface area contributed by atoms with Crippen molar-refractivity contribution < 1.29 is 9.72 Å². The van der Waals surface area contributed by atoms with Gasteiger partial charge in [-0.15, -0.1) is 0 Å². The van der Waals surface area contributed by atoms with E-state index in [9.17, 15) is 14.9 Å². The van der Waals surface area contributed by atoms with Crippen LogP contribution in [0.5, 0.6) is 0 Å². The van der Waals surface area contributed by atoms with E-state index in [4.69, 9.17) is 5.73 Å². The Balaban J connectivity index is 3.05. The van der Waals surface area contributed by atoms with Gasteiger partial charge in [-0.3, -0.25) is 14.9 Å². The summed E-state index contributed by atoms with van der Waals surface area (Å²) in [5, 5.41) is 13.3. The Bertz CT molecular complexity index is 433. The molecule has 86 valence electrons. The molecule has 7 heteroatoms. The van der Waals surface area contributed by atoms with Gasteiger partial charge in [-0.2, -0.15) is 0 Å². The zero-order chi connectivity index (χ0) is 12.3. The zero-order valence-electron chi connectivity index (χ0n) is 8.93. The Kier molecular flexibility index (Phi) is 3.39. The topological polar surface area (TPSA) is 111 Å². The summed E-state index contributed by atoms with van der Waals surface area (Å²) in [6.45, 7) is 3.21. The first-order valence-electron chi connectivity index (χ1n) is 4.59. The number of carbonyl (C=O) groups excluding carboxylic acids is 1. The second-order valence-electron chi connectivity index (χ2n) is 3.35. The van der Waals surface area contributed by atoms with Crippen molar-refractivity contribution in [1.29, 1.82) is 0 Å². The Hall–Kier alpha value is -2.18. The van der Waals surface area contributed by atoms with E-state index in [0.29, 0.717) is 5.69 Å². The van der Waals surface area contributed by atoms with E-state index in [1.807, 2.05) is 0 Å². The Morgan fingerprint density at radius 2 is 2.25 bits per heavy atom. The summed E-state index contributed by atoms with van der Waals surface area (Å²) >= 11 is 0. The van der Waals surface area contributed by atoms with E-state index in [2.05, 4.69) is 10.3 Å². The molecule has 0 aliphatic rings. The summed E-state index contributed by atoms with van der Waals surface area (Å²) in [6, 6.07) is 2.14. The lowest BCUT2D eigenvalue weighted by Crippen LogP contribution is -2.33. The number of anilines is 1. The molecule has 1 heterocycles. The van der Waals surface area contributed by atoms with Gasteiger partial charge in [-0.05, 0) is 19.9 Å². The van der Waals surface area contributed by atoms with Crippen molar-refractivity contribution in [3.8, 4) is 0 Å². The Labute approximate surface area is 91.8 Å². The third kappa shape index (κ3) is 2.66. The van der Waals surface area contributed by atoms with Crippen LogP contribution >= 0.6 is 0 Å². The van der Waals surface area contributed by atoms with Gasteiger partial charge in [-0.1, -0.05) is 0 Å². The van der Waals surface area contributed by atoms with Crippen LogP contribution in [-0.4, -0.2) is 21.9 Å². The average Bonchev–Trinajstić information content (AvgIpc) is 2.16. The number of amides is 1. The van der Waals surface area contributed by atoms with Crippen molar-refractivity contribution >= 4 is 17.4 Å². The van der Waals surface area contributed by atoms with Crippen LogP contribution in [0.15, 0.2) is 12.1 Å². The van der Waals surface area contributed by atoms with E-state index in [0.717, 1.165) is 0 Å². The summed E-state index contributed by atoms with van der Waals surface area (Å²) in [7, 11) is 0. The van der Waals surface area contributed by atoms with Crippen LogP contribution in [0.1, 0.15) is 12.6 Å². The standard InChI is InChI=1S/C9H12N4O3/c1-5-3-4-7(13(15)16)9(11-5)12-6(2)8(10)14/h3-4,6H,1-2H3,(H2,10,14)(H,11,12). The largest absolute Gasteiger partial charge is 0.368 e. The predicted molar refractivity (Wildman–Crippen MR) is 57.9 cm³/mol. The molecule has 16 heavy (non-hydrogen) atoms. The molecular formula is C9H12N4O3. The van der Waals surface area contributed by atoms with Gasteiger partial charge in [0.2, 0.25) is 11.7 Å². The number of nitro groups is 1. The van der Waals surface area contributed by atoms with Gasteiger partial charge in [0.05, 0.1) is 4.92 Å². The van der Waals surface area contributed by atoms with Crippen LogP contribution in [0.4, 0.5) is 11.5 Å². The number of carbonyl (C=O) groups is 1. The highest BCUT2D eigenvalue weighted by molar-refractivity contribution is 5.82. The van der Waals surface area contributed by atoms with Gasteiger partial charge in [0, 0.05) is 11.8 Å². The quantitative estimate of drug-likeness (QED) is 0.574. The number of hydrogen-bond acceptors (Lipinski definition) is 5. The summed E-state index contributed by atoms with van der Waals surface area (Å²) in [6.07, 6.45) is 0. The maximum absolute atomic E-state index is 10.8. The van der Waals surface area contributed by atoms with Crippen molar-refractivity contribution in [2.45, 2.75) is 19.9 Å². The molecule has 0 aliphatic heterocycles. The summed E-state index contributed by atoms with van der Waals surface area (Å²) in [5.41, 5.74) is 5.48. The lowest BCUT2D eigenvalue weighted by atomic mass is 10.3. The van der Waals surface area contributed by atoms with E-state index in [1.54, 1.807) is 6.92 Å². The van der Waals surface area contributed by atoms with E-state index < -0.39 is 16.9 Å². The number of rotatable bonds is 4. The average molecular weight is 224 g/mol. The van der Waals surface area contributed by atoms with Gasteiger partial charge in [0.15, 0.2) is 0 Å². The van der Waals surface area contributed by atoms with Crippen molar-refractivity contribution in [2.75, 3.05) is 5.32 Å². The molecular weight excluding hydrogens is 212 g/mol. The van der Waals surface area contributed by atoms with Gasteiger partial charge >= 0.3 is 5.69 Å². The van der Waals surface area contributed by atoms with E-state index in [1.165, 1.54) is 19.1 Å². The van der Waals surface area contributed by atoms with Gasteiger partial charge in [-0.25, -0.2) is 4.98 Å². The molecule has 0 aromatic carbocycles. The molecule has 0 aliphatic carbocycles. The van der Waals surface area contributed by atoms with Crippen LogP contribution in [0.2, 0.25) is 0 Å². The molecule has 7 nitrogen and oxygen atoms in total. The molecule has 0 radical (unpaired) electrons. The van der Waals surface area contributed by atoms with Gasteiger partial charge in [0.25, 0.3) is 0 Å². The lowest BCUT2D eigenvalue weighted by molar-refractivity contribution is -0.384. The van der Waals surface area contributed by atoms with Crippen molar-refractivity contribution in [3.05, 3.63) is 27.9 Å². The van der Waals surface area contributed by atoms with Crippen LogP contribution in [0, 0.1) is 17.0 Å². The maximum Gasteiger partial charge on any atom is 0.311 e. The van der Waals surface area contributed by atoms with Gasteiger partial charge < -0.3 is 11.1 Å². The minimum atomic E-state index is -0.715. The molecule has 1 rings (SSSR count). The predicted octanol–water partition coefficient (Wildman–Crippen LogP) is 0.584. The third-order valence-electron chi connectivity index (χ3n) is 1.99. The Morgan fingerprint density at radius 3 is 2.75 bits per heavy atom. The van der Waals surface area contributed by atoms with Crippen LogP contribution < -0.4 is 11.1 Å². The number of primary amides is 1. The maximum atomic E-state index is 10.8. The zero-order valence-corrected chi connectivity index (χ0v) is 8.93. The summed E-state index contributed by atoms with van der Waals surface area (Å²) in [5.74, 6) is -0.547. The molecule has 1 aromatic heterocycles. The van der Waals surface area contributed by atoms with Crippen LogP contribution in [0.3, 0.4) is 0 Å². The SMILES string of the molecule is Cc1ccc([N+](=O)[O-])c(NC(C)C(N)=O)n1. The highest BCUT2D eigenvalue weighted by Gasteiger charge is 2.18. The molecule has 1 atom stereocenters. The number of pyridine rings is 1. The number of hydrogen-bond donors (Lipinski definition) is 2. The van der Waals surface area contributed by atoms with E-state index >= 15 is 0 Å². The fraction of sp³-hybridized carbons (Fsp3) is 0.333. The minimum Gasteiger partial charge on any atom is -0.368 e. The van der Waals surface area contributed by atoms with Crippen molar-refractivity contribution in [3.63, 3.8) is 0 Å². The molecule has 0 spiro atoms. The number of nitrogens with one attached hydrogen (secondary N) is 1. The summed E-state index contributed by atoms with van der Waals surface area (Å²) < 4.78 is 0. The molecule has 0 saturated heterocycles. The molecule has 0 bridgehead atoms. The molecule has 0 saturated carbocycles. The summed E-state index contributed by atoms with van der Waals surface area (Å²) in [4.78, 5) is 24.9. The highest BCUT2D eigenvalue weighted by atomic mass is 16.6. The fourth-order valence-electron chi connectivity index (χ4n) is 1.08. The number of aryl methyl sites for hydroxylation is 1. The smallest absolute Gasteiger partial charge is 0.311 e. The van der Waals surface area contributed by atoms with Crippen molar-refractivity contribution in [1.82, 2.24) is 4.98 Å². The normalized spacial score (nSPS) is 11.9. The first kappa shape index (κ1) is 11.9. The fourth-order valence-corrected chi connectivity index (χ4v) is 1.08. The van der Waals surface area contributed by atoms with Gasteiger partial charge in [0.1, 0.15) is 6.04 Å². The molecule has 1 amide bonds. The van der Waals surface area contributed by atoms with Crippen molar-refractivity contribution in [2.24, 2.45) is 5.73 Å². The lowest BCUT2D eigenvalue weighted by Gasteiger charge is -2.11. The number of aromatic nitrogens is 1. The number of nitrogens with two attached hydrogens (primary N) is 1. The Morgan fingerprint density at radius 1 is 1.62 bits per heavy atom. The second-order valence-corrected chi connectivity index (χ2v) is 3.35. The molecule has 3 N–H and O–H groups in total. The van der Waals surface area contributed by atoms with Crippen LogP contribution in [-0.2, 0) is 4.79 Å². The second kappa shape index (κ2) is 4.56. The molecule has 1 unspecified atom stereocenters. The first-order valence-corrected chi connectivity index (χ1v) is 4.59. The number of nitrogens with zero attached hydrogens (tertiary/aromatic N) is 2. The monoisotopic (exact) mass is 224 g/mol. The molecule has 0 fully saturated rings.